The number of carbonyl (C=O) groups excluding carboxylic acids is 1. The highest BCUT2D eigenvalue weighted by Crippen LogP contribution is 2.20. The summed E-state index contributed by atoms with van der Waals surface area (Å²) in [6, 6.07) is 5.80. The molecule has 1 aromatic rings. The second-order valence-corrected chi connectivity index (χ2v) is 5.68. The van der Waals surface area contributed by atoms with Gasteiger partial charge in [0.25, 0.3) is 0 Å². The van der Waals surface area contributed by atoms with Crippen LogP contribution in [-0.4, -0.2) is 24.7 Å². The second-order valence-electron chi connectivity index (χ2n) is 5.68. The van der Waals surface area contributed by atoms with Crippen LogP contribution in [0.2, 0.25) is 0 Å². The molecule has 0 saturated carbocycles. The first-order chi connectivity index (χ1) is 8.79. The van der Waals surface area contributed by atoms with Gasteiger partial charge in [-0.1, -0.05) is 12.1 Å². The van der Waals surface area contributed by atoms with Crippen LogP contribution in [-0.2, 0) is 0 Å². The molecule has 0 atom stereocenters. The van der Waals surface area contributed by atoms with Gasteiger partial charge >= 0.3 is 6.03 Å². The highest BCUT2D eigenvalue weighted by Gasteiger charge is 2.12. The van der Waals surface area contributed by atoms with Crippen molar-refractivity contribution in [3.63, 3.8) is 0 Å². The van der Waals surface area contributed by atoms with Gasteiger partial charge in [0.15, 0.2) is 0 Å². The summed E-state index contributed by atoms with van der Waals surface area (Å²) in [7, 11) is 0. The Balaban J connectivity index is 2.32. The molecule has 4 nitrogen and oxygen atoms in total. The van der Waals surface area contributed by atoms with E-state index in [0.717, 1.165) is 11.3 Å². The van der Waals surface area contributed by atoms with Crippen molar-refractivity contribution in [1.82, 2.24) is 10.6 Å². The lowest BCUT2D eigenvalue weighted by Crippen LogP contribution is -2.47. The molecular formula is C15H24N2O2. The third-order valence-electron chi connectivity index (χ3n) is 2.69. The molecule has 4 heteroatoms. The summed E-state index contributed by atoms with van der Waals surface area (Å²) < 4.78 is 5.66. The Morgan fingerprint density at radius 2 is 1.95 bits per heavy atom. The smallest absolute Gasteiger partial charge is 0.315 e. The standard InChI is InChI=1S/C15H24N2O2/c1-11-7-6-8-13(12(11)2)19-10-9-16-14(18)17-15(3,4)5/h6-8H,9-10H2,1-5H3,(H2,16,17,18). The molecule has 0 aliphatic heterocycles. The first kappa shape index (κ1) is 15.3. The van der Waals surface area contributed by atoms with E-state index in [0.29, 0.717) is 13.2 Å². The molecule has 0 aromatic heterocycles. The van der Waals surface area contributed by atoms with E-state index in [-0.39, 0.29) is 11.6 Å². The quantitative estimate of drug-likeness (QED) is 0.822. The van der Waals surface area contributed by atoms with Crippen LogP contribution in [0, 0.1) is 13.8 Å². The Hall–Kier alpha value is -1.71. The van der Waals surface area contributed by atoms with Crippen LogP contribution in [0.25, 0.3) is 0 Å². The Morgan fingerprint density at radius 1 is 1.26 bits per heavy atom. The molecule has 0 saturated heterocycles. The van der Waals surface area contributed by atoms with Gasteiger partial charge in [-0.15, -0.1) is 0 Å². The zero-order valence-corrected chi connectivity index (χ0v) is 12.5. The molecule has 1 rings (SSSR count). The molecule has 2 N–H and O–H groups in total. The second kappa shape index (κ2) is 6.45. The molecule has 19 heavy (non-hydrogen) atoms. The molecule has 0 heterocycles. The highest BCUT2D eigenvalue weighted by atomic mass is 16.5. The van der Waals surface area contributed by atoms with E-state index >= 15 is 0 Å². The molecular weight excluding hydrogens is 240 g/mol. The van der Waals surface area contributed by atoms with Crippen molar-refractivity contribution in [2.75, 3.05) is 13.2 Å². The average molecular weight is 264 g/mol. The summed E-state index contributed by atoms with van der Waals surface area (Å²) in [5, 5.41) is 5.60. The highest BCUT2D eigenvalue weighted by molar-refractivity contribution is 5.74. The summed E-state index contributed by atoms with van der Waals surface area (Å²) in [5.41, 5.74) is 2.12. The molecule has 0 unspecified atom stereocenters. The Labute approximate surface area is 115 Å². The number of benzene rings is 1. The van der Waals surface area contributed by atoms with Gasteiger partial charge in [0.1, 0.15) is 12.4 Å². The molecule has 0 fully saturated rings. The van der Waals surface area contributed by atoms with Crippen molar-refractivity contribution in [2.24, 2.45) is 0 Å². The minimum absolute atomic E-state index is 0.169. The van der Waals surface area contributed by atoms with Crippen LogP contribution >= 0.6 is 0 Å². The molecule has 0 radical (unpaired) electrons. The fourth-order valence-corrected chi connectivity index (χ4v) is 1.59. The molecule has 106 valence electrons. The summed E-state index contributed by atoms with van der Waals surface area (Å²) >= 11 is 0. The van der Waals surface area contributed by atoms with Crippen LogP contribution in [0.5, 0.6) is 5.75 Å². The van der Waals surface area contributed by atoms with Crippen LogP contribution in [0.1, 0.15) is 31.9 Å². The maximum Gasteiger partial charge on any atom is 0.315 e. The minimum atomic E-state index is -0.224. The fraction of sp³-hybridized carbons (Fsp3) is 0.533. The number of amides is 2. The predicted octanol–water partition coefficient (Wildman–Crippen LogP) is 2.78. The third-order valence-corrected chi connectivity index (χ3v) is 2.69. The summed E-state index contributed by atoms with van der Waals surface area (Å²) in [6.45, 7) is 10.9. The lowest BCUT2D eigenvalue weighted by molar-refractivity contribution is 0.228. The average Bonchev–Trinajstić information content (AvgIpc) is 2.27. The van der Waals surface area contributed by atoms with E-state index < -0.39 is 0 Å². The molecule has 0 spiro atoms. The van der Waals surface area contributed by atoms with Gasteiger partial charge in [-0.05, 0) is 51.8 Å². The van der Waals surface area contributed by atoms with Gasteiger partial charge < -0.3 is 15.4 Å². The number of rotatable bonds is 4. The summed E-state index contributed by atoms with van der Waals surface area (Å²) in [6.07, 6.45) is 0. The van der Waals surface area contributed by atoms with Crippen LogP contribution in [0.3, 0.4) is 0 Å². The van der Waals surface area contributed by atoms with Gasteiger partial charge in [-0.25, -0.2) is 4.79 Å². The largest absolute Gasteiger partial charge is 0.491 e. The fourth-order valence-electron chi connectivity index (χ4n) is 1.59. The normalized spacial score (nSPS) is 11.0. The SMILES string of the molecule is Cc1cccc(OCCNC(=O)NC(C)(C)C)c1C. The maximum atomic E-state index is 11.5. The zero-order chi connectivity index (χ0) is 14.5. The number of ether oxygens (including phenoxy) is 1. The number of urea groups is 1. The van der Waals surface area contributed by atoms with Crippen molar-refractivity contribution < 1.29 is 9.53 Å². The van der Waals surface area contributed by atoms with Crippen molar-refractivity contribution in [1.29, 1.82) is 0 Å². The van der Waals surface area contributed by atoms with E-state index in [1.807, 2.05) is 39.8 Å². The predicted molar refractivity (Wildman–Crippen MR) is 77.7 cm³/mol. The van der Waals surface area contributed by atoms with E-state index in [9.17, 15) is 4.79 Å². The van der Waals surface area contributed by atoms with E-state index in [2.05, 4.69) is 23.6 Å². The minimum Gasteiger partial charge on any atom is -0.491 e. The van der Waals surface area contributed by atoms with Gasteiger partial charge in [-0.2, -0.15) is 0 Å². The van der Waals surface area contributed by atoms with Gasteiger partial charge in [-0.3, -0.25) is 0 Å². The summed E-state index contributed by atoms with van der Waals surface area (Å²) in [4.78, 5) is 11.5. The van der Waals surface area contributed by atoms with E-state index in [4.69, 9.17) is 4.74 Å². The van der Waals surface area contributed by atoms with E-state index in [1.54, 1.807) is 0 Å². The number of hydrogen-bond acceptors (Lipinski definition) is 2. The van der Waals surface area contributed by atoms with Crippen molar-refractivity contribution in [3.8, 4) is 5.75 Å². The topological polar surface area (TPSA) is 50.4 Å². The van der Waals surface area contributed by atoms with Gasteiger partial charge in [0.2, 0.25) is 0 Å². The zero-order valence-electron chi connectivity index (χ0n) is 12.5. The van der Waals surface area contributed by atoms with Crippen LogP contribution in [0.15, 0.2) is 18.2 Å². The number of aryl methyl sites for hydroxylation is 1. The number of hydrogen-bond donors (Lipinski definition) is 2. The Kier molecular flexibility index (Phi) is 5.21. The van der Waals surface area contributed by atoms with E-state index in [1.165, 1.54) is 5.56 Å². The van der Waals surface area contributed by atoms with Crippen LogP contribution in [0.4, 0.5) is 4.79 Å². The summed E-state index contributed by atoms with van der Waals surface area (Å²) in [5.74, 6) is 0.873. The number of nitrogens with one attached hydrogen (secondary N) is 2. The van der Waals surface area contributed by atoms with Crippen molar-refractivity contribution in [2.45, 2.75) is 40.2 Å². The molecule has 2 amide bonds. The van der Waals surface area contributed by atoms with Crippen molar-refractivity contribution in [3.05, 3.63) is 29.3 Å². The third kappa shape index (κ3) is 5.64. The van der Waals surface area contributed by atoms with Gasteiger partial charge in [0, 0.05) is 5.54 Å². The molecule has 0 bridgehead atoms. The monoisotopic (exact) mass is 264 g/mol. The Bertz CT molecular complexity index is 436. The first-order valence-corrected chi connectivity index (χ1v) is 6.54. The van der Waals surface area contributed by atoms with Gasteiger partial charge in [0.05, 0.1) is 6.54 Å². The molecule has 1 aromatic carbocycles. The molecule has 0 aliphatic carbocycles. The van der Waals surface area contributed by atoms with Crippen LogP contribution < -0.4 is 15.4 Å². The first-order valence-electron chi connectivity index (χ1n) is 6.54. The lowest BCUT2D eigenvalue weighted by atomic mass is 10.1. The molecule has 0 aliphatic rings. The Morgan fingerprint density at radius 3 is 2.58 bits per heavy atom. The number of carbonyl (C=O) groups is 1. The van der Waals surface area contributed by atoms with Crippen molar-refractivity contribution >= 4 is 6.03 Å². The maximum absolute atomic E-state index is 11.5. The lowest BCUT2D eigenvalue weighted by Gasteiger charge is -2.20.